The molecule has 1 amide bonds. The number of nitrogens with zero attached hydrogens (tertiary/aromatic N) is 3. The van der Waals surface area contributed by atoms with Crippen molar-refractivity contribution in [3.63, 3.8) is 0 Å². The molecule has 0 saturated carbocycles. The quantitative estimate of drug-likeness (QED) is 0.156. The average molecular weight is 531 g/mol. The second-order valence-electron chi connectivity index (χ2n) is 9.26. The maximum Gasteiger partial charge on any atom is 0.251 e. The van der Waals surface area contributed by atoms with Crippen molar-refractivity contribution in [1.29, 1.82) is 0 Å². The van der Waals surface area contributed by atoms with Gasteiger partial charge in [0.25, 0.3) is 5.91 Å². The standard InChI is InChI=1S/C33H30N4OS/c1-37(23-26-14-7-3-8-15-26)31-21-30(28-17-9-4-10-18-28)35-33(36-31)39-24-27-16-11-19-29(20-27)32(38)34-22-25-12-5-2-6-13-25/h2-21H,22-24H2,1H3,(H,34,38). The summed E-state index contributed by atoms with van der Waals surface area (Å²) in [4.78, 5) is 24.7. The Morgan fingerprint density at radius 2 is 1.38 bits per heavy atom. The maximum atomic E-state index is 12.8. The third-order valence-corrected chi connectivity index (χ3v) is 7.19. The van der Waals surface area contributed by atoms with E-state index in [0.29, 0.717) is 23.0 Å². The predicted molar refractivity (Wildman–Crippen MR) is 160 cm³/mol. The van der Waals surface area contributed by atoms with E-state index in [4.69, 9.17) is 9.97 Å². The zero-order valence-electron chi connectivity index (χ0n) is 21.8. The van der Waals surface area contributed by atoms with Gasteiger partial charge in [-0.3, -0.25) is 4.79 Å². The second-order valence-corrected chi connectivity index (χ2v) is 10.2. The van der Waals surface area contributed by atoms with E-state index in [1.807, 2.05) is 84.9 Å². The molecule has 0 aliphatic heterocycles. The minimum Gasteiger partial charge on any atom is -0.355 e. The molecule has 0 unspecified atom stereocenters. The van der Waals surface area contributed by atoms with Crippen molar-refractivity contribution in [2.45, 2.75) is 24.0 Å². The van der Waals surface area contributed by atoms with Crippen LogP contribution in [0.25, 0.3) is 11.3 Å². The summed E-state index contributed by atoms with van der Waals surface area (Å²) in [6, 6.07) is 40.2. The number of benzene rings is 4. The van der Waals surface area contributed by atoms with E-state index in [2.05, 4.69) is 53.7 Å². The van der Waals surface area contributed by atoms with Gasteiger partial charge in [-0.15, -0.1) is 0 Å². The van der Waals surface area contributed by atoms with E-state index in [1.165, 1.54) is 5.56 Å². The smallest absolute Gasteiger partial charge is 0.251 e. The van der Waals surface area contributed by atoms with Gasteiger partial charge in [0, 0.05) is 43.1 Å². The van der Waals surface area contributed by atoms with Crippen molar-refractivity contribution >= 4 is 23.5 Å². The van der Waals surface area contributed by atoms with Crippen LogP contribution in [0.1, 0.15) is 27.0 Å². The molecule has 4 aromatic carbocycles. The number of carbonyl (C=O) groups is 1. The molecule has 0 aliphatic rings. The summed E-state index contributed by atoms with van der Waals surface area (Å²) in [6.45, 7) is 1.24. The summed E-state index contributed by atoms with van der Waals surface area (Å²) in [6.07, 6.45) is 0. The molecule has 1 aromatic heterocycles. The number of rotatable bonds is 10. The first-order valence-electron chi connectivity index (χ1n) is 12.9. The lowest BCUT2D eigenvalue weighted by Crippen LogP contribution is -2.22. The summed E-state index contributed by atoms with van der Waals surface area (Å²) >= 11 is 1.57. The van der Waals surface area contributed by atoms with Gasteiger partial charge < -0.3 is 10.2 Å². The molecule has 0 aliphatic carbocycles. The van der Waals surface area contributed by atoms with E-state index in [1.54, 1.807) is 11.8 Å². The van der Waals surface area contributed by atoms with Crippen molar-refractivity contribution in [3.05, 3.63) is 144 Å². The zero-order chi connectivity index (χ0) is 26.9. The molecule has 5 nitrogen and oxygen atoms in total. The third-order valence-electron chi connectivity index (χ3n) is 6.27. The van der Waals surface area contributed by atoms with Crippen LogP contribution < -0.4 is 10.2 Å². The Morgan fingerprint density at radius 1 is 0.744 bits per heavy atom. The maximum absolute atomic E-state index is 12.8. The van der Waals surface area contributed by atoms with Gasteiger partial charge in [-0.2, -0.15) is 0 Å². The number of anilines is 1. The Hall–Kier alpha value is -4.42. The van der Waals surface area contributed by atoms with Gasteiger partial charge in [-0.1, -0.05) is 115 Å². The van der Waals surface area contributed by atoms with Crippen LogP contribution in [0.3, 0.4) is 0 Å². The van der Waals surface area contributed by atoms with Crippen LogP contribution >= 0.6 is 11.8 Å². The minimum absolute atomic E-state index is 0.0853. The number of aromatic nitrogens is 2. The Morgan fingerprint density at radius 3 is 2.10 bits per heavy atom. The van der Waals surface area contributed by atoms with Gasteiger partial charge in [0.15, 0.2) is 5.16 Å². The normalized spacial score (nSPS) is 10.7. The zero-order valence-corrected chi connectivity index (χ0v) is 22.6. The van der Waals surface area contributed by atoms with Crippen LogP contribution in [0.2, 0.25) is 0 Å². The molecule has 1 N–H and O–H groups in total. The van der Waals surface area contributed by atoms with Crippen LogP contribution in [-0.4, -0.2) is 22.9 Å². The van der Waals surface area contributed by atoms with E-state index in [-0.39, 0.29) is 5.91 Å². The van der Waals surface area contributed by atoms with Crippen molar-refractivity contribution in [2.75, 3.05) is 11.9 Å². The monoisotopic (exact) mass is 530 g/mol. The fourth-order valence-corrected chi connectivity index (χ4v) is 4.99. The Balaban J connectivity index is 1.31. The van der Waals surface area contributed by atoms with Crippen molar-refractivity contribution in [1.82, 2.24) is 15.3 Å². The van der Waals surface area contributed by atoms with Crippen molar-refractivity contribution in [2.24, 2.45) is 0 Å². The molecule has 0 fully saturated rings. The highest BCUT2D eigenvalue weighted by Gasteiger charge is 2.12. The van der Waals surface area contributed by atoms with Crippen LogP contribution in [0, 0.1) is 0 Å². The molecule has 0 saturated heterocycles. The van der Waals surface area contributed by atoms with Gasteiger partial charge in [0.05, 0.1) is 5.69 Å². The Labute approximate surface area is 234 Å². The number of hydrogen-bond acceptors (Lipinski definition) is 5. The fraction of sp³-hybridized carbons (Fsp3) is 0.121. The molecule has 6 heteroatoms. The topological polar surface area (TPSA) is 58.1 Å². The molecule has 0 bridgehead atoms. The molecule has 5 rings (SSSR count). The molecule has 0 radical (unpaired) electrons. The number of hydrogen-bond donors (Lipinski definition) is 1. The van der Waals surface area contributed by atoms with Gasteiger partial charge in [0.1, 0.15) is 5.82 Å². The van der Waals surface area contributed by atoms with E-state index in [0.717, 1.165) is 34.7 Å². The summed E-state index contributed by atoms with van der Waals surface area (Å²) in [7, 11) is 2.05. The van der Waals surface area contributed by atoms with E-state index >= 15 is 0 Å². The van der Waals surface area contributed by atoms with Crippen LogP contribution in [0.4, 0.5) is 5.82 Å². The van der Waals surface area contributed by atoms with Gasteiger partial charge >= 0.3 is 0 Å². The highest BCUT2D eigenvalue weighted by molar-refractivity contribution is 7.98. The van der Waals surface area contributed by atoms with Crippen molar-refractivity contribution in [3.8, 4) is 11.3 Å². The van der Waals surface area contributed by atoms with Crippen LogP contribution in [0.15, 0.2) is 126 Å². The average Bonchev–Trinajstić information content (AvgIpc) is 3.00. The second kappa shape index (κ2) is 12.9. The summed E-state index contributed by atoms with van der Waals surface area (Å²) in [5.41, 5.74) is 5.91. The lowest BCUT2D eigenvalue weighted by atomic mass is 10.1. The van der Waals surface area contributed by atoms with Gasteiger partial charge in [0.2, 0.25) is 0 Å². The first kappa shape index (κ1) is 26.2. The molecule has 39 heavy (non-hydrogen) atoms. The molecule has 0 spiro atoms. The van der Waals surface area contributed by atoms with E-state index < -0.39 is 0 Å². The minimum atomic E-state index is -0.0853. The lowest BCUT2D eigenvalue weighted by Gasteiger charge is -2.20. The molecule has 5 aromatic rings. The first-order chi connectivity index (χ1) is 19.1. The lowest BCUT2D eigenvalue weighted by molar-refractivity contribution is 0.0951. The SMILES string of the molecule is CN(Cc1ccccc1)c1cc(-c2ccccc2)nc(SCc2cccc(C(=O)NCc3ccccc3)c2)n1. The first-order valence-corrected chi connectivity index (χ1v) is 13.9. The predicted octanol–water partition coefficient (Wildman–Crippen LogP) is 7.00. The number of nitrogens with one attached hydrogen (secondary N) is 1. The number of carbonyl (C=O) groups excluding carboxylic acids is 1. The summed E-state index contributed by atoms with van der Waals surface area (Å²) < 4.78 is 0. The van der Waals surface area contributed by atoms with Gasteiger partial charge in [-0.05, 0) is 28.8 Å². The number of amides is 1. The third kappa shape index (κ3) is 7.33. The number of thioether (sulfide) groups is 1. The molecule has 0 atom stereocenters. The Kier molecular flexibility index (Phi) is 8.66. The van der Waals surface area contributed by atoms with E-state index in [9.17, 15) is 4.79 Å². The molecule has 1 heterocycles. The largest absolute Gasteiger partial charge is 0.355 e. The molecular weight excluding hydrogens is 500 g/mol. The molecular formula is C33H30N4OS. The highest BCUT2D eigenvalue weighted by Crippen LogP contribution is 2.28. The summed E-state index contributed by atoms with van der Waals surface area (Å²) in [5.74, 6) is 1.43. The van der Waals surface area contributed by atoms with Crippen LogP contribution in [0.5, 0.6) is 0 Å². The fourth-order valence-electron chi connectivity index (χ4n) is 4.20. The van der Waals surface area contributed by atoms with Crippen LogP contribution in [-0.2, 0) is 18.8 Å². The van der Waals surface area contributed by atoms with Crippen molar-refractivity contribution < 1.29 is 4.79 Å². The summed E-state index contributed by atoms with van der Waals surface area (Å²) in [5, 5.41) is 3.71. The van der Waals surface area contributed by atoms with Gasteiger partial charge in [-0.25, -0.2) is 9.97 Å². The molecule has 194 valence electrons. The highest BCUT2D eigenvalue weighted by atomic mass is 32.2. The Bertz CT molecular complexity index is 1510.